The number of hydrogen-bond acceptors (Lipinski definition) is 7. The number of benzene rings is 3. The monoisotopic (exact) mass is 449 g/mol. The first-order valence-electron chi connectivity index (χ1n) is 9.47. The molecule has 0 aliphatic heterocycles. The second kappa shape index (κ2) is 8.61. The first-order chi connectivity index (χ1) is 15.3. The molecule has 0 saturated heterocycles. The lowest BCUT2D eigenvalue weighted by Crippen LogP contribution is -2.11. The molecular formula is C22H19N5O4S. The summed E-state index contributed by atoms with van der Waals surface area (Å²) in [6.07, 6.45) is 1.66. The molecule has 0 spiro atoms. The fraction of sp³-hybridized carbons (Fsp3) is 0.0455. The smallest absolute Gasteiger partial charge is 0.248 e. The molecule has 4 aromatic rings. The Morgan fingerprint density at radius 3 is 2.38 bits per heavy atom. The van der Waals surface area contributed by atoms with Gasteiger partial charge in [0, 0.05) is 22.8 Å². The van der Waals surface area contributed by atoms with Crippen LogP contribution in [0.3, 0.4) is 0 Å². The summed E-state index contributed by atoms with van der Waals surface area (Å²) in [5, 5.41) is 8.95. The first kappa shape index (κ1) is 21.2. The van der Waals surface area contributed by atoms with E-state index in [4.69, 9.17) is 15.6 Å². The van der Waals surface area contributed by atoms with Gasteiger partial charge in [0.15, 0.2) is 0 Å². The SMILES string of the molecule is NC(=O)c1ccc(COc2cccc3cnc(Nc4ccc(S(N)(=O)=O)cc4)nc23)cc1. The van der Waals surface area contributed by atoms with Crippen LogP contribution in [0.1, 0.15) is 15.9 Å². The van der Waals surface area contributed by atoms with Crippen molar-refractivity contribution in [1.82, 2.24) is 9.97 Å². The number of carbonyl (C=O) groups excluding carboxylic acids is 1. The molecule has 1 heterocycles. The molecule has 1 aromatic heterocycles. The molecule has 0 aliphatic rings. The van der Waals surface area contributed by atoms with Gasteiger partial charge in [-0.2, -0.15) is 0 Å². The van der Waals surface area contributed by atoms with Gasteiger partial charge in [-0.25, -0.2) is 23.5 Å². The third-order valence-electron chi connectivity index (χ3n) is 4.65. The van der Waals surface area contributed by atoms with E-state index in [1.54, 1.807) is 48.7 Å². The minimum Gasteiger partial charge on any atom is -0.487 e. The van der Waals surface area contributed by atoms with E-state index in [1.807, 2.05) is 12.1 Å². The fourth-order valence-corrected chi connectivity index (χ4v) is 3.50. The highest BCUT2D eigenvalue weighted by Gasteiger charge is 2.10. The van der Waals surface area contributed by atoms with Gasteiger partial charge in [-0.15, -0.1) is 0 Å². The van der Waals surface area contributed by atoms with Gasteiger partial charge in [0.25, 0.3) is 0 Å². The number of primary amides is 1. The number of primary sulfonamides is 1. The van der Waals surface area contributed by atoms with E-state index in [2.05, 4.69) is 15.3 Å². The van der Waals surface area contributed by atoms with Crippen molar-refractivity contribution in [3.8, 4) is 5.75 Å². The average molecular weight is 449 g/mol. The zero-order valence-corrected chi connectivity index (χ0v) is 17.5. The van der Waals surface area contributed by atoms with Crippen LogP contribution in [-0.4, -0.2) is 24.3 Å². The molecule has 0 atom stereocenters. The van der Waals surface area contributed by atoms with E-state index >= 15 is 0 Å². The summed E-state index contributed by atoms with van der Waals surface area (Å²) in [4.78, 5) is 20.1. The summed E-state index contributed by atoms with van der Waals surface area (Å²) in [6, 6.07) is 18.3. The lowest BCUT2D eigenvalue weighted by atomic mass is 10.1. The minimum atomic E-state index is -3.76. The Morgan fingerprint density at radius 1 is 1.00 bits per heavy atom. The van der Waals surface area contributed by atoms with Crippen LogP contribution in [0.15, 0.2) is 77.8 Å². The van der Waals surface area contributed by atoms with Crippen LogP contribution in [0.5, 0.6) is 5.75 Å². The largest absolute Gasteiger partial charge is 0.487 e. The fourth-order valence-electron chi connectivity index (χ4n) is 2.99. The van der Waals surface area contributed by atoms with E-state index in [9.17, 15) is 13.2 Å². The van der Waals surface area contributed by atoms with Crippen LogP contribution in [0.25, 0.3) is 10.9 Å². The van der Waals surface area contributed by atoms with E-state index < -0.39 is 15.9 Å². The Balaban J connectivity index is 1.54. The molecule has 1 amide bonds. The number of amides is 1. The standard InChI is InChI=1S/C22H19N5O4S/c23-21(28)15-6-4-14(5-7-15)13-31-19-3-1-2-16-12-25-22(27-20(16)19)26-17-8-10-18(11-9-17)32(24,29)30/h1-12H,13H2,(H2,23,28)(H2,24,29,30)(H,25,26,27). The van der Waals surface area contributed by atoms with Gasteiger partial charge in [-0.3, -0.25) is 4.79 Å². The highest BCUT2D eigenvalue weighted by Crippen LogP contribution is 2.26. The molecular weight excluding hydrogens is 430 g/mol. The second-order valence-corrected chi connectivity index (χ2v) is 8.49. The summed E-state index contributed by atoms with van der Waals surface area (Å²) in [5.41, 5.74) is 7.78. The maximum Gasteiger partial charge on any atom is 0.248 e. The summed E-state index contributed by atoms with van der Waals surface area (Å²) >= 11 is 0. The molecule has 0 aliphatic carbocycles. The van der Waals surface area contributed by atoms with Crippen molar-refractivity contribution in [2.75, 3.05) is 5.32 Å². The third kappa shape index (κ3) is 4.82. The molecule has 0 unspecified atom stereocenters. The quantitative estimate of drug-likeness (QED) is 0.392. The van der Waals surface area contributed by atoms with Crippen LogP contribution >= 0.6 is 0 Å². The number of nitrogens with one attached hydrogen (secondary N) is 1. The molecule has 3 aromatic carbocycles. The van der Waals surface area contributed by atoms with Crippen LogP contribution < -0.4 is 20.9 Å². The van der Waals surface area contributed by atoms with E-state index in [1.165, 1.54) is 12.1 Å². The number of hydrogen-bond donors (Lipinski definition) is 3. The van der Waals surface area contributed by atoms with Crippen LogP contribution in [0.2, 0.25) is 0 Å². The lowest BCUT2D eigenvalue weighted by molar-refractivity contribution is 0.1000. The molecule has 162 valence electrons. The van der Waals surface area contributed by atoms with Gasteiger partial charge in [-0.05, 0) is 48.0 Å². The lowest BCUT2D eigenvalue weighted by Gasteiger charge is -2.11. The molecule has 0 radical (unpaired) electrons. The van der Waals surface area contributed by atoms with Gasteiger partial charge in [0.05, 0.1) is 4.90 Å². The number of rotatable bonds is 7. The second-order valence-electron chi connectivity index (χ2n) is 6.93. The number of para-hydroxylation sites is 1. The van der Waals surface area contributed by atoms with Crippen molar-refractivity contribution < 1.29 is 17.9 Å². The molecule has 0 bridgehead atoms. The average Bonchev–Trinajstić information content (AvgIpc) is 2.77. The maximum absolute atomic E-state index is 11.4. The van der Waals surface area contributed by atoms with Crippen LogP contribution in [0, 0.1) is 0 Å². The van der Waals surface area contributed by atoms with Crippen molar-refractivity contribution in [2.24, 2.45) is 10.9 Å². The van der Waals surface area contributed by atoms with Crippen LogP contribution in [-0.2, 0) is 16.6 Å². The number of aromatic nitrogens is 2. The van der Waals surface area contributed by atoms with Crippen molar-refractivity contribution in [1.29, 1.82) is 0 Å². The van der Waals surface area contributed by atoms with E-state index in [0.29, 0.717) is 28.5 Å². The highest BCUT2D eigenvalue weighted by atomic mass is 32.2. The highest BCUT2D eigenvalue weighted by molar-refractivity contribution is 7.89. The third-order valence-corrected chi connectivity index (χ3v) is 5.57. The number of nitrogens with two attached hydrogens (primary N) is 2. The summed E-state index contributed by atoms with van der Waals surface area (Å²) in [5.74, 6) is 0.404. The normalized spacial score (nSPS) is 11.3. The van der Waals surface area contributed by atoms with Crippen molar-refractivity contribution >= 4 is 38.5 Å². The molecule has 0 fully saturated rings. The number of fused-ring (bicyclic) bond motifs is 1. The first-order valence-corrected chi connectivity index (χ1v) is 11.0. The van der Waals surface area contributed by atoms with Gasteiger partial charge in [0.2, 0.25) is 21.9 Å². The molecule has 0 saturated carbocycles. The molecule has 10 heteroatoms. The van der Waals surface area contributed by atoms with Crippen LogP contribution in [0.4, 0.5) is 11.6 Å². The zero-order valence-electron chi connectivity index (χ0n) is 16.7. The number of anilines is 2. The minimum absolute atomic E-state index is 0.0158. The Labute approximate surface area is 184 Å². The molecule has 9 nitrogen and oxygen atoms in total. The Hall–Kier alpha value is -4.02. The molecule has 5 N–H and O–H groups in total. The van der Waals surface area contributed by atoms with Crippen molar-refractivity contribution in [2.45, 2.75) is 11.5 Å². The summed E-state index contributed by atoms with van der Waals surface area (Å²) in [6.45, 7) is 0.278. The van der Waals surface area contributed by atoms with Gasteiger partial charge >= 0.3 is 0 Å². The van der Waals surface area contributed by atoms with Crippen molar-refractivity contribution in [3.63, 3.8) is 0 Å². The molecule has 4 rings (SSSR count). The number of carbonyl (C=O) groups is 1. The number of sulfonamides is 1. The number of nitrogens with zero attached hydrogens (tertiary/aromatic N) is 2. The molecule has 32 heavy (non-hydrogen) atoms. The summed E-state index contributed by atoms with van der Waals surface area (Å²) in [7, 11) is -3.76. The Bertz CT molecular complexity index is 1390. The Kier molecular flexibility index (Phi) is 5.71. The predicted octanol–water partition coefficient (Wildman–Crippen LogP) is 2.70. The van der Waals surface area contributed by atoms with Gasteiger partial charge in [0.1, 0.15) is 17.9 Å². The topological polar surface area (TPSA) is 150 Å². The predicted molar refractivity (Wildman–Crippen MR) is 120 cm³/mol. The van der Waals surface area contributed by atoms with E-state index in [-0.39, 0.29) is 11.5 Å². The number of ether oxygens (including phenoxy) is 1. The van der Waals surface area contributed by atoms with Gasteiger partial charge in [-0.1, -0.05) is 24.3 Å². The zero-order chi connectivity index (χ0) is 22.7. The van der Waals surface area contributed by atoms with Crippen molar-refractivity contribution in [3.05, 3.63) is 84.1 Å². The summed E-state index contributed by atoms with van der Waals surface area (Å²) < 4.78 is 28.7. The van der Waals surface area contributed by atoms with E-state index in [0.717, 1.165) is 10.9 Å². The maximum atomic E-state index is 11.4. The van der Waals surface area contributed by atoms with Gasteiger partial charge < -0.3 is 15.8 Å². The Morgan fingerprint density at radius 2 is 1.72 bits per heavy atom.